The number of carbonyl (C=O) groups excluding carboxylic acids is 1. The highest BCUT2D eigenvalue weighted by molar-refractivity contribution is 7.47. The van der Waals surface area contributed by atoms with Crippen LogP contribution in [0.2, 0.25) is 0 Å². The smallest absolute Gasteiger partial charge is 0.391 e. The number of phosphoric acid groups is 1. The number of hydrogen-bond acceptors (Lipinski definition) is 5. The van der Waals surface area contributed by atoms with Gasteiger partial charge >= 0.3 is 7.82 Å². The number of nitrogens with one attached hydrogen (secondary N) is 1. The molecule has 0 rings (SSSR count). The topological polar surface area (TPSA) is 105 Å². The number of unbranched alkanes of at least 4 members (excludes halogenated alkanes) is 32. The van der Waals surface area contributed by atoms with Gasteiger partial charge in [-0.3, -0.25) is 13.8 Å². The number of quaternary nitrogens is 1. The molecule has 0 spiro atoms. The second kappa shape index (κ2) is 47.8. The maximum absolute atomic E-state index is 12.9. The summed E-state index contributed by atoms with van der Waals surface area (Å²) in [5.41, 5.74) is 0. The maximum atomic E-state index is 12.9. The molecule has 9 heteroatoms. The quantitative estimate of drug-likeness (QED) is 0.0243. The lowest BCUT2D eigenvalue weighted by molar-refractivity contribution is -0.870. The first kappa shape index (κ1) is 63.7. The van der Waals surface area contributed by atoms with Crippen LogP contribution >= 0.6 is 7.82 Å². The number of allylic oxidation sites excluding steroid dienone is 6. The van der Waals surface area contributed by atoms with Crippen molar-refractivity contribution in [2.75, 3.05) is 40.9 Å². The van der Waals surface area contributed by atoms with Crippen molar-refractivity contribution in [3.05, 3.63) is 36.5 Å². The van der Waals surface area contributed by atoms with E-state index in [4.69, 9.17) is 9.05 Å². The first-order chi connectivity index (χ1) is 31.5. The number of rotatable bonds is 51. The summed E-state index contributed by atoms with van der Waals surface area (Å²) in [5.74, 6) is -0.144. The fourth-order valence-electron chi connectivity index (χ4n) is 8.23. The van der Waals surface area contributed by atoms with E-state index in [1.165, 1.54) is 186 Å². The van der Waals surface area contributed by atoms with Crippen LogP contribution in [-0.4, -0.2) is 73.4 Å². The molecule has 0 saturated heterocycles. The van der Waals surface area contributed by atoms with E-state index in [1.54, 1.807) is 0 Å². The first-order valence-corrected chi connectivity index (χ1v) is 29.3. The Hall–Kier alpha value is -1.28. The van der Waals surface area contributed by atoms with Crippen molar-refractivity contribution in [1.82, 2.24) is 5.32 Å². The zero-order chi connectivity index (χ0) is 47.8. The van der Waals surface area contributed by atoms with Crippen LogP contribution in [0.25, 0.3) is 0 Å². The van der Waals surface area contributed by atoms with E-state index < -0.39 is 20.0 Å². The Morgan fingerprint density at radius 3 is 1.28 bits per heavy atom. The molecule has 0 aromatic carbocycles. The molecule has 0 aliphatic carbocycles. The molecule has 8 nitrogen and oxygen atoms in total. The maximum Gasteiger partial charge on any atom is 0.472 e. The first-order valence-electron chi connectivity index (χ1n) is 27.9. The van der Waals surface area contributed by atoms with Gasteiger partial charge in [-0.05, 0) is 51.4 Å². The lowest BCUT2D eigenvalue weighted by atomic mass is 10.0. The average molecular weight is 938 g/mol. The molecule has 0 bridgehead atoms. The fourth-order valence-corrected chi connectivity index (χ4v) is 8.97. The minimum absolute atomic E-state index is 0.0757. The Balaban J connectivity index is 3.84. The lowest BCUT2D eigenvalue weighted by Crippen LogP contribution is -2.46. The standard InChI is InChI=1S/C56H109N2O6P/c1-6-8-10-12-14-16-17-18-19-20-21-22-23-24-25-26-27-28-29-30-31-32-33-34-35-36-37-38-39-40-41-42-44-46-48-50-56(60)57-54(53-64-65(61,62)63-52-51-58(3,4)5)55(59)49-47-45-43-15-13-11-9-7-2/h17-18,20-21,23-24,54-55,59H,6-16,19,22,25-53H2,1-5H3,(H-,57,60,61,62)/p+1/b18-17-,21-20-,24-23-. The van der Waals surface area contributed by atoms with Crippen molar-refractivity contribution in [1.29, 1.82) is 0 Å². The van der Waals surface area contributed by atoms with E-state index >= 15 is 0 Å². The molecule has 65 heavy (non-hydrogen) atoms. The van der Waals surface area contributed by atoms with Gasteiger partial charge in [-0.2, -0.15) is 0 Å². The number of nitrogens with zero attached hydrogens (tertiary/aromatic N) is 1. The van der Waals surface area contributed by atoms with E-state index in [1.807, 2.05) is 21.1 Å². The predicted octanol–water partition coefficient (Wildman–Crippen LogP) is 16.6. The SMILES string of the molecule is CCCCCCC/C=C\C/C=C\C/C=C\CCCCCCCCCCCCCCCCCCCCCCC(=O)NC(COP(=O)(O)OCC[N+](C)(C)C)C(O)CCCCCCCCCC. The number of phosphoric ester groups is 1. The van der Waals surface area contributed by atoms with Crippen molar-refractivity contribution in [2.45, 2.75) is 276 Å². The van der Waals surface area contributed by atoms with Gasteiger partial charge in [-0.1, -0.05) is 243 Å². The predicted molar refractivity (Wildman–Crippen MR) is 281 cm³/mol. The minimum atomic E-state index is -4.31. The van der Waals surface area contributed by atoms with E-state index in [-0.39, 0.29) is 19.1 Å². The Bertz CT molecular complexity index is 1150. The van der Waals surface area contributed by atoms with Gasteiger partial charge in [-0.25, -0.2) is 4.57 Å². The number of carbonyl (C=O) groups is 1. The number of aliphatic hydroxyl groups is 1. The molecule has 0 aliphatic rings. The Morgan fingerprint density at radius 2 is 0.877 bits per heavy atom. The molecule has 0 saturated carbocycles. The molecule has 3 atom stereocenters. The molecule has 0 aromatic rings. The molecule has 0 fully saturated rings. The second-order valence-corrected chi connectivity index (χ2v) is 21.8. The van der Waals surface area contributed by atoms with Crippen molar-refractivity contribution in [3.8, 4) is 0 Å². The zero-order valence-electron chi connectivity index (χ0n) is 43.7. The van der Waals surface area contributed by atoms with Crippen LogP contribution in [0.3, 0.4) is 0 Å². The molecule has 0 radical (unpaired) electrons. The van der Waals surface area contributed by atoms with Gasteiger partial charge in [0.25, 0.3) is 0 Å². The molecule has 3 N–H and O–H groups in total. The summed E-state index contributed by atoms with van der Waals surface area (Å²) in [7, 11) is 1.62. The lowest BCUT2D eigenvalue weighted by Gasteiger charge is -2.26. The Labute approximate surface area is 404 Å². The number of hydrogen-bond donors (Lipinski definition) is 3. The third kappa shape index (κ3) is 50.4. The van der Waals surface area contributed by atoms with E-state index in [2.05, 4.69) is 55.6 Å². The van der Waals surface area contributed by atoms with Crippen LogP contribution in [0.5, 0.6) is 0 Å². The highest BCUT2D eigenvalue weighted by Crippen LogP contribution is 2.43. The number of amides is 1. The number of likely N-dealkylation sites (N-methyl/N-ethyl adjacent to an activating group) is 1. The summed E-state index contributed by atoms with van der Waals surface area (Å²) in [6, 6.07) is -0.756. The molecular weight excluding hydrogens is 828 g/mol. The monoisotopic (exact) mass is 938 g/mol. The Kier molecular flexibility index (Phi) is 46.8. The van der Waals surface area contributed by atoms with E-state index in [0.29, 0.717) is 23.9 Å². The van der Waals surface area contributed by atoms with Crippen LogP contribution < -0.4 is 5.32 Å². The second-order valence-electron chi connectivity index (χ2n) is 20.3. The molecule has 0 aromatic heterocycles. The van der Waals surface area contributed by atoms with Crippen molar-refractivity contribution >= 4 is 13.7 Å². The normalized spacial score (nSPS) is 14.3. The highest BCUT2D eigenvalue weighted by Gasteiger charge is 2.28. The highest BCUT2D eigenvalue weighted by atomic mass is 31.2. The summed E-state index contributed by atoms with van der Waals surface area (Å²) in [5, 5.41) is 13.9. The van der Waals surface area contributed by atoms with E-state index in [0.717, 1.165) is 51.4 Å². The van der Waals surface area contributed by atoms with Crippen LogP contribution in [0.4, 0.5) is 0 Å². The summed E-state index contributed by atoms with van der Waals surface area (Å²) in [4.78, 5) is 23.2. The Morgan fingerprint density at radius 1 is 0.523 bits per heavy atom. The van der Waals surface area contributed by atoms with Gasteiger partial charge in [0.1, 0.15) is 13.2 Å². The zero-order valence-corrected chi connectivity index (χ0v) is 44.6. The summed E-state index contributed by atoms with van der Waals surface area (Å²) in [6.07, 6.45) is 60.9. The molecule has 384 valence electrons. The summed E-state index contributed by atoms with van der Waals surface area (Å²) < 4.78 is 23.6. The summed E-state index contributed by atoms with van der Waals surface area (Å²) >= 11 is 0. The molecule has 1 amide bonds. The average Bonchev–Trinajstić information content (AvgIpc) is 3.26. The van der Waals surface area contributed by atoms with Gasteiger partial charge in [0.15, 0.2) is 0 Å². The van der Waals surface area contributed by atoms with Gasteiger partial charge < -0.3 is 19.8 Å². The van der Waals surface area contributed by atoms with Crippen LogP contribution in [0, 0.1) is 0 Å². The van der Waals surface area contributed by atoms with Crippen LogP contribution in [-0.2, 0) is 18.4 Å². The van der Waals surface area contributed by atoms with Gasteiger partial charge in [0.2, 0.25) is 5.91 Å². The third-order valence-corrected chi connectivity index (χ3v) is 13.6. The molecule has 3 unspecified atom stereocenters. The van der Waals surface area contributed by atoms with Crippen molar-refractivity contribution in [3.63, 3.8) is 0 Å². The van der Waals surface area contributed by atoms with Gasteiger partial charge in [0.05, 0.1) is 39.9 Å². The number of aliphatic hydroxyl groups excluding tert-OH is 1. The fraction of sp³-hybridized carbons (Fsp3) is 0.875. The molecule has 0 heterocycles. The third-order valence-electron chi connectivity index (χ3n) is 12.6. The van der Waals surface area contributed by atoms with Crippen LogP contribution in [0.15, 0.2) is 36.5 Å². The van der Waals surface area contributed by atoms with Gasteiger partial charge in [-0.15, -0.1) is 0 Å². The largest absolute Gasteiger partial charge is 0.472 e. The molecule has 0 aliphatic heterocycles. The summed E-state index contributed by atoms with van der Waals surface area (Å²) in [6.45, 7) is 4.85. The van der Waals surface area contributed by atoms with Crippen molar-refractivity contribution < 1.29 is 32.9 Å². The molecular formula is C56H110N2O6P+. The van der Waals surface area contributed by atoms with E-state index in [9.17, 15) is 19.4 Å². The van der Waals surface area contributed by atoms with Crippen LogP contribution in [0.1, 0.15) is 264 Å². The van der Waals surface area contributed by atoms with Gasteiger partial charge in [0, 0.05) is 6.42 Å². The minimum Gasteiger partial charge on any atom is -0.391 e. The van der Waals surface area contributed by atoms with Crippen molar-refractivity contribution in [2.24, 2.45) is 0 Å².